The van der Waals surface area contributed by atoms with Gasteiger partial charge in [-0.2, -0.15) is 0 Å². The average molecular weight is 335 g/mol. The van der Waals surface area contributed by atoms with Gasteiger partial charge in [0.05, 0.1) is 6.54 Å². The minimum atomic E-state index is -1.23. The molecule has 0 bridgehead atoms. The highest BCUT2D eigenvalue weighted by Gasteiger charge is 2.39. The molecule has 1 aromatic rings. The number of hydrogen-bond donors (Lipinski definition) is 1. The maximum Gasteiger partial charge on any atom is 0.254 e. The van der Waals surface area contributed by atoms with Crippen LogP contribution < -0.4 is 10.5 Å². The normalized spacial score (nSPS) is 24.8. The van der Waals surface area contributed by atoms with Crippen molar-refractivity contribution >= 4 is 11.8 Å². The van der Waals surface area contributed by atoms with Crippen molar-refractivity contribution < 1.29 is 18.7 Å². The lowest BCUT2D eigenvalue weighted by Crippen LogP contribution is -2.43. The Morgan fingerprint density at radius 3 is 2.75 bits per heavy atom. The fraction of sp³-hybridized carbons (Fsp3) is 0.588. The van der Waals surface area contributed by atoms with Crippen LogP contribution in [-0.4, -0.2) is 46.6 Å². The van der Waals surface area contributed by atoms with Gasteiger partial charge in [0.2, 0.25) is 11.8 Å². The maximum absolute atomic E-state index is 13.6. The predicted molar refractivity (Wildman–Crippen MR) is 85.3 cm³/mol. The average Bonchev–Trinajstić information content (AvgIpc) is 2.97. The molecule has 3 rings (SSSR count). The third-order valence-electron chi connectivity index (χ3n) is 4.66. The smallest absolute Gasteiger partial charge is 0.254 e. The minimum Gasteiger partial charge on any atom is -0.474 e. The highest BCUT2D eigenvalue weighted by Crippen LogP contribution is 2.25. The van der Waals surface area contributed by atoms with Gasteiger partial charge in [-0.1, -0.05) is 6.42 Å². The van der Waals surface area contributed by atoms with E-state index in [1.807, 2.05) is 0 Å². The van der Waals surface area contributed by atoms with Gasteiger partial charge in [-0.15, -0.1) is 0 Å². The van der Waals surface area contributed by atoms with Gasteiger partial charge in [-0.25, -0.2) is 9.37 Å². The van der Waals surface area contributed by atoms with Crippen molar-refractivity contribution in [1.29, 1.82) is 0 Å². The van der Waals surface area contributed by atoms with Crippen LogP contribution in [0, 0.1) is 0 Å². The number of ether oxygens (including phenoxy) is 1. The van der Waals surface area contributed by atoms with E-state index >= 15 is 0 Å². The zero-order valence-electron chi connectivity index (χ0n) is 13.5. The SMILES string of the molecule is NC(=O)[C@@H]1C[C@@H](F)CN1C(=O)c1ccnc(OC2CCCCC2)c1. The van der Waals surface area contributed by atoms with Crippen molar-refractivity contribution in [3.05, 3.63) is 23.9 Å². The molecule has 1 saturated heterocycles. The summed E-state index contributed by atoms with van der Waals surface area (Å²) in [6, 6.07) is 2.20. The Kier molecular flexibility index (Phi) is 4.97. The van der Waals surface area contributed by atoms with Crippen molar-refractivity contribution in [2.45, 2.75) is 56.8 Å². The molecular weight excluding hydrogens is 313 g/mol. The molecule has 2 atom stereocenters. The monoisotopic (exact) mass is 335 g/mol. The summed E-state index contributed by atoms with van der Waals surface area (Å²) in [5.41, 5.74) is 5.61. The predicted octanol–water partition coefficient (Wildman–Crippen LogP) is 1.83. The Balaban J connectivity index is 1.72. The molecule has 2 amide bonds. The van der Waals surface area contributed by atoms with Crippen molar-refractivity contribution in [3.8, 4) is 5.88 Å². The Morgan fingerprint density at radius 1 is 1.29 bits per heavy atom. The number of primary amides is 1. The van der Waals surface area contributed by atoms with E-state index in [0.29, 0.717) is 11.4 Å². The van der Waals surface area contributed by atoms with Crippen molar-refractivity contribution in [1.82, 2.24) is 9.88 Å². The number of amides is 2. The van der Waals surface area contributed by atoms with E-state index in [0.717, 1.165) is 25.7 Å². The molecule has 130 valence electrons. The molecule has 2 fully saturated rings. The maximum atomic E-state index is 13.6. The Bertz CT molecular complexity index is 619. The highest BCUT2D eigenvalue weighted by atomic mass is 19.1. The van der Waals surface area contributed by atoms with Gasteiger partial charge in [0.15, 0.2) is 0 Å². The molecule has 0 radical (unpaired) electrons. The topological polar surface area (TPSA) is 85.5 Å². The summed E-state index contributed by atoms with van der Waals surface area (Å²) < 4.78 is 19.5. The lowest BCUT2D eigenvalue weighted by atomic mass is 9.98. The second kappa shape index (κ2) is 7.15. The number of rotatable bonds is 4. The van der Waals surface area contributed by atoms with Gasteiger partial charge >= 0.3 is 0 Å². The molecule has 2 heterocycles. The van der Waals surface area contributed by atoms with Gasteiger partial charge in [-0.05, 0) is 31.7 Å². The number of hydrogen-bond acceptors (Lipinski definition) is 4. The summed E-state index contributed by atoms with van der Waals surface area (Å²) in [5, 5.41) is 0. The summed E-state index contributed by atoms with van der Waals surface area (Å²) >= 11 is 0. The van der Waals surface area contributed by atoms with Crippen LogP contribution in [0.2, 0.25) is 0 Å². The number of aromatic nitrogens is 1. The molecule has 1 aliphatic heterocycles. The quantitative estimate of drug-likeness (QED) is 0.909. The molecule has 1 saturated carbocycles. The molecule has 2 N–H and O–H groups in total. The molecule has 0 aromatic carbocycles. The van der Waals surface area contributed by atoms with Gasteiger partial charge < -0.3 is 15.4 Å². The summed E-state index contributed by atoms with van der Waals surface area (Å²) in [6.45, 7) is -0.117. The second-order valence-electron chi connectivity index (χ2n) is 6.47. The first kappa shape index (κ1) is 16.7. The van der Waals surface area contributed by atoms with Crippen molar-refractivity contribution in [3.63, 3.8) is 0 Å². The number of carbonyl (C=O) groups excluding carboxylic acids is 2. The van der Waals surface area contributed by atoms with Crippen LogP contribution in [0.3, 0.4) is 0 Å². The Labute approximate surface area is 140 Å². The molecule has 24 heavy (non-hydrogen) atoms. The van der Waals surface area contributed by atoms with Crippen molar-refractivity contribution in [2.75, 3.05) is 6.54 Å². The van der Waals surface area contributed by atoms with Crippen LogP contribution in [0.4, 0.5) is 4.39 Å². The zero-order chi connectivity index (χ0) is 17.1. The van der Waals surface area contributed by atoms with Gasteiger partial charge in [0, 0.05) is 24.2 Å². The summed E-state index contributed by atoms with van der Waals surface area (Å²) in [5.74, 6) is -0.717. The molecule has 6 nitrogen and oxygen atoms in total. The van der Waals surface area contributed by atoms with Gasteiger partial charge in [0.25, 0.3) is 5.91 Å². The number of likely N-dealkylation sites (tertiary alicyclic amines) is 1. The third kappa shape index (κ3) is 3.66. The summed E-state index contributed by atoms with van der Waals surface area (Å²) in [4.78, 5) is 29.4. The van der Waals surface area contributed by atoms with E-state index in [4.69, 9.17) is 10.5 Å². The number of alkyl halides is 1. The molecule has 1 aliphatic carbocycles. The number of halogens is 1. The second-order valence-corrected chi connectivity index (χ2v) is 6.47. The number of carbonyl (C=O) groups is 2. The van der Waals surface area contributed by atoms with Gasteiger partial charge in [0.1, 0.15) is 18.3 Å². The zero-order valence-corrected chi connectivity index (χ0v) is 13.5. The first-order valence-corrected chi connectivity index (χ1v) is 8.41. The summed E-state index contributed by atoms with van der Waals surface area (Å²) in [7, 11) is 0. The fourth-order valence-corrected chi connectivity index (χ4v) is 3.41. The van der Waals surface area contributed by atoms with E-state index in [1.165, 1.54) is 17.5 Å². The van der Waals surface area contributed by atoms with Crippen LogP contribution >= 0.6 is 0 Å². The number of nitrogens with two attached hydrogens (primary N) is 1. The van der Waals surface area contributed by atoms with Crippen molar-refractivity contribution in [2.24, 2.45) is 5.73 Å². The lowest BCUT2D eigenvalue weighted by Gasteiger charge is -2.23. The van der Waals surface area contributed by atoms with E-state index in [1.54, 1.807) is 12.1 Å². The lowest BCUT2D eigenvalue weighted by molar-refractivity contribution is -0.121. The minimum absolute atomic E-state index is 0.0441. The Hall–Kier alpha value is -2.18. The highest BCUT2D eigenvalue weighted by molar-refractivity contribution is 5.97. The largest absolute Gasteiger partial charge is 0.474 e. The third-order valence-corrected chi connectivity index (χ3v) is 4.66. The molecule has 1 aromatic heterocycles. The van der Waals surface area contributed by atoms with E-state index < -0.39 is 24.0 Å². The Morgan fingerprint density at radius 2 is 2.04 bits per heavy atom. The van der Waals surface area contributed by atoms with Gasteiger partial charge in [-0.3, -0.25) is 9.59 Å². The molecule has 7 heteroatoms. The van der Waals surface area contributed by atoms with E-state index in [9.17, 15) is 14.0 Å². The molecule has 0 spiro atoms. The molecular formula is C17H22FN3O3. The van der Waals surface area contributed by atoms with E-state index in [2.05, 4.69) is 4.98 Å². The van der Waals surface area contributed by atoms with Crippen LogP contribution in [0.25, 0.3) is 0 Å². The number of nitrogens with zero attached hydrogens (tertiary/aromatic N) is 2. The van der Waals surface area contributed by atoms with Crippen LogP contribution in [-0.2, 0) is 4.79 Å². The standard InChI is InChI=1S/C17H22FN3O3/c18-12-9-14(16(19)22)21(10-12)17(23)11-6-7-20-15(8-11)24-13-4-2-1-3-5-13/h6-8,12-14H,1-5,9-10H2,(H2,19,22)/t12-,14+/m1/s1. The van der Waals surface area contributed by atoms with Crippen LogP contribution in [0.15, 0.2) is 18.3 Å². The first-order chi connectivity index (χ1) is 11.5. The van der Waals surface area contributed by atoms with Crippen LogP contribution in [0.5, 0.6) is 5.88 Å². The van der Waals surface area contributed by atoms with Crippen LogP contribution in [0.1, 0.15) is 48.9 Å². The number of pyridine rings is 1. The van der Waals surface area contributed by atoms with E-state index in [-0.39, 0.29) is 19.1 Å². The fourth-order valence-electron chi connectivity index (χ4n) is 3.41. The first-order valence-electron chi connectivity index (χ1n) is 8.41. The molecule has 0 unspecified atom stereocenters. The molecule has 2 aliphatic rings. The summed E-state index contributed by atoms with van der Waals surface area (Å²) in [6.07, 6.45) is 5.80.